The topological polar surface area (TPSA) is 16.4 Å². The number of rotatable bonds is 5. The predicted octanol–water partition coefficient (Wildman–Crippen LogP) is 15.1. The third kappa shape index (κ3) is 4.62. The summed E-state index contributed by atoms with van der Waals surface area (Å²) in [6.45, 7) is 0. The molecule has 0 N–H and O–H groups in total. The zero-order valence-corrected chi connectivity index (χ0v) is 29.5. The summed E-state index contributed by atoms with van der Waals surface area (Å²) < 4.78 is 11.8. The molecule has 0 saturated carbocycles. The van der Waals surface area contributed by atoms with Gasteiger partial charge in [-0.25, -0.2) is 0 Å². The van der Waals surface area contributed by atoms with Gasteiger partial charge in [0.2, 0.25) is 0 Å². The van der Waals surface area contributed by atoms with E-state index >= 15 is 0 Å². The number of furan rings is 1. The van der Waals surface area contributed by atoms with Gasteiger partial charge in [-0.05, 0) is 95.1 Å². The minimum atomic E-state index is 0.916. The Labute approximate surface area is 308 Å². The summed E-state index contributed by atoms with van der Waals surface area (Å²) >= 11 is 3.68. The van der Waals surface area contributed by atoms with Crippen LogP contribution in [0.3, 0.4) is 0 Å². The van der Waals surface area contributed by atoms with Gasteiger partial charge in [0.15, 0.2) is 0 Å². The van der Waals surface area contributed by atoms with Crippen LogP contribution in [0.2, 0.25) is 0 Å². The van der Waals surface area contributed by atoms with Gasteiger partial charge in [-0.3, -0.25) is 0 Å². The summed E-state index contributed by atoms with van der Waals surface area (Å²) in [5.74, 6) is 0. The zero-order valence-electron chi connectivity index (χ0n) is 27.9. The number of hydrogen-bond donors (Lipinski definition) is 0. The Morgan fingerprint density at radius 1 is 0.365 bits per heavy atom. The highest BCUT2D eigenvalue weighted by molar-refractivity contribution is 7.26. The molecular formula is C48H29NOS2. The van der Waals surface area contributed by atoms with Crippen molar-refractivity contribution in [2.75, 3.05) is 4.90 Å². The van der Waals surface area contributed by atoms with Gasteiger partial charge in [-0.1, -0.05) is 103 Å². The van der Waals surface area contributed by atoms with Gasteiger partial charge in [-0.2, -0.15) is 0 Å². The average molecular weight is 700 g/mol. The molecule has 0 unspecified atom stereocenters. The maximum atomic E-state index is 6.65. The van der Waals surface area contributed by atoms with Gasteiger partial charge < -0.3 is 9.32 Å². The van der Waals surface area contributed by atoms with Crippen LogP contribution in [0.1, 0.15) is 0 Å². The van der Waals surface area contributed by atoms with Crippen LogP contribution in [-0.2, 0) is 0 Å². The van der Waals surface area contributed by atoms with E-state index in [4.69, 9.17) is 4.42 Å². The molecule has 0 aliphatic heterocycles. The Balaban J connectivity index is 1.10. The first kappa shape index (κ1) is 29.5. The number of benzene rings is 8. The van der Waals surface area contributed by atoms with Crippen molar-refractivity contribution in [2.24, 2.45) is 0 Å². The van der Waals surface area contributed by atoms with E-state index in [9.17, 15) is 0 Å². The Kier molecular flexibility index (Phi) is 6.63. The van der Waals surface area contributed by atoms with E-state index in [0.717, 1.165) is 39.0 Å². The number of fused-ring (bicyclic) bond motifs is 10. The molecule has 11 aromatic rings. The lowest BCUT2D eigenvalue weighted by Crippen LogP contribution is -2.10. The lowest BCUT2D eigenvalue weighted by atomic mass is 10.0. The van der Waals surface area contributed by atoms with Crippen molar-refractivity contribution >= 4 is 102 Å². The van der Waals surface area contributed by atoms with Crippen molar-refractivity contribution in [3.8, 4) is 22.3 Å². The molecule has 4 heteroatoms. The monoisotopic (exact) mass is 699 g/mol. The number of thiophene rings is 2. The van der Waals surface area contributed by atoms with E-state index in [-0.39, 0.29) is 0 Å². The highest BCUT2D eigenvalue weighted by atomic mass is 32.1. The first-order valence-corrected chi connectivity index (χ1v) is 19.1. The molecule has 244 valence electrons. The highest BCUT2D eigenvalue weighted by Gasteiger charge is 2.22. The maximum Gasteiger partial charge on any atom is 0.144 e. The first-order valence-electron chi connectivity index (χ1n) is 17.5. The molecule has 0 fully saturated rings. The normalized spacial score (nSPS) is 11.8. The molecule has 0 atom stereocenters. The van der Waals surface area contributed by atoms with E-state index in [1.807, 2.05) is 28.7 Å². The predicted molar refractivity (Wildman–Crippen MR) is 225 cm³/mol. The van der Waals surface area contributed by atoms with Crippen molar-refractivity contribution in [3.63, 3.8) is 0 Å². The molecular weight excluding hydrogens is 671 g/mol. The number of para-hydroxylation sites is 1. The second-order valence-corrected chi connectivity index (χ2v) is 15.4. The molecule has 0 saturated heterocycles. The zero-order chi connectivity index (χ0) is 34.2. The van der Waals surface area contributed by atoms with Gasteiger partial charge in [0, 0.05) is 62.5 Å². The van der Waals surface area contributed by atoms with Crippen molar-refractivity contribution < 1.29 is 4.42 Å². The molecule has 52 heavy (non-hydrogen) atoms. The lowest BCUT2D eigenvalue weighted by Gasteiger charge is -2.27. The molecule has 8 aromatic carbocycles. The van der Waals surface area contributed by atoms with Crippen molar-refractivity contribution in [1.29, 1.82) is 0 Å². The molecule has 0 aliphatic carbocycles. The number of hydrogen-bond acceptors (Lipinski definition) is 4. The summed E-state index contributed by atoms with van der Waals surface area (Å²) in [6, 6.07) is 63.7. The second-order valence-electron chi connectivity index (χ2n) is 13.3. The summed E-state index contributed by atoms with van der Waals surface area (Å²) in [5, 5.41) is 7.31. The van der Waals surface area contributed by atoms with Gasteiger partial charge in [0.1, 0.15) is 11.2 Å². The standard InChI is InChI=1S/C48H29NOS2/c1-2-9-30(10-3-1)31-17-22-34(23-18-31)49(35-24-19-32(20-25-35)33-21-27-43-39(29-33)37-12-5-7-15-42(37)51-43)40-13-8-16-44-46(40)47-45(52-44)28-26-38-36-11-4-6-14-41(36)50-48(38)47/h1-29H. The molecule has 0 amide bonds. The SMILES string of the molecule is c1ccc(-c2ccc(N(c3ccc(-c4ccc5sc6ccccc6c5c4)cc3)c3cccc4sc5ccc6c7ccccc7oc6c5c34)cc2)cc1. The Morgan fingerprint density at radius 2 is 0.942 bits per heavy atom. The first-order chi connectivity index (χ1) is 25.8. The summed E-state index contributed by atoms with van der Waals surface area (Å²) in [4.78, 5) is 2.41. The molecule has 11 rings (SSSR count). The summed E-state index contributed by atoms with van der Waals surface area (Å²) in [6.07, 6.45) is 0. The number of nitrogens with zero attached hydrogens (tertiary/aromatic N) is 1. The smallest absolute Gasteiger partial charge is 0.144 e. The minimum Gasteiger partial charge on any atom is -0.455 e. The van der Waals surface area contributed by atoms with E-state index in [1.54, 1.807) is 0 Å². The van der Waals surface area contributed by atoms with Crippen LogP contribution in [0, 0.1) is 0 Å². The third-order valence-electron chi connectivity index (χ3n) is 10.3. The fourth-order valence-corrected chi connectivity index (χ4v) is 10.0. The third-order valence-corrected chi connectivity index (χ3v) is 12.6. The molecule has 3 heterocycles. The highest BCUT2D eigenvalue weighted by Crippen LogP contribution is 2.48. The minimum absolute atomic E-state index is 0.916. The van der Waals surface area contributed by atoms with Crippen LogP contribution in [0.5, 0.6) is 0 Å². The maximum absolute atomic E-state index is 6.65. The number of anilines is 3. The Hall–Kier alpha value is -6.20. The second kappa shape index (κ2) is 11.7. The van der Waals surface area contributed by atoms with Crippen LogP contribution in [0.25, 0.3) is 84.5 Å². The van der Waals surface area contributed by atoms with E-state index in [1.165, 1.54) is 62.6 Å². The van der Waals surface area contributed by atoms with Crippen LogP contribution < -0.4 is 4.90 Å². The lowest BCUT2D eigenvalue weighted by molar-refractivity contribution is 0.673. The largest absolute Gasteiger partial charge is 0.455 e. The fraction of sp³-hybridized carbons (Fsp3) is 0. The van der Waals surface area contributed by atoms with Crippen molar-refractivity contribution in [1.82, 2.24) is 0 Å². The Bertz CT molecular complexity index is 3110. The van der Waals surface area contributed by atoms with Crippen LogP contribution in [0.4, 0.5) is 17.1 Å². The fourth-order valence-electron chi connectivity index (χ4n) is 7.82. The molecule has 0 radical (unpaired) electrons. The van der Waals surface area contributed by atoms with Crippen LogP contribution in [-0.4, -0.2) is 0 Å². The average Bonchev–Trinajstić information content (AvgIpc) is 3.90. The quantitative estimate of drug-likeness (QED) is 0.178. The summed E-state index contributed by atoms with van der Waals surface area (Å²) in [7, 11) is 0. The van der Waals surface area contributed by atoms with Gasteiger partial charge in [0.25, 0.3) is 0 Å². The van der Waals surface area contributed by atoms with Crippen LogP contribution >= 0.6 is 22.7 Å². The summed E-state index contributed by atoms with van der Waals surface area (Å²) in [5.41, 5.74) is 10.0. The van der Waals surface area contributed by atoms with E-state index < -0.39 is 0 Å². The van der Waals surface area contributed by atoms with Gasteiger partial charge in [-0.15, -0.1) is 22.7 Å². The van der Waals surface area contributed by atoms with Crippen molar-refractivity contribution in [3.05, 3.63) is 176 Å². The van der Waals surface area contributed by atoms with Gasteiger partial charge >= 0.3 is 0 Å². The van der Waals surface area contributed by atoms with Gasteiger partial charge in [0.05, 0.1) is 5.69 Å². The van der Waals surface area contributed by atoms with E-state index in [2.05, 4.69) is 175 Å². The van der Waals surface area contributed by atoms with E-state index in [0.29, 0.717) is 0 Å². The molecule has 2 nitrogen and oxygen atoms in total. The Morgan fingerprint density at radius 3 is 1.75 bits per heavy atom. The molecule has 0 bridgehead atoms. The molecule has 3 aromatic heterocycles. The molecule has 0 aliphatic rings. The van der Waals surface area contributed by atoms with Crippen LogP contribution in [0.15, 0.2) is 180 Å². The van der Waals surface area contributed by atoms with Crippen molar-refractivity contribution in [2.45, 2.75) is 0 Å². The molecule has 0 spiro atoms.